The summed E-state index contributed by atoms with van der Waals surface area (Å²) in [6.45, 7) is 3.88. The van der Waals surface area contributed by atoms with E-state index in [1.807, 2.05) is 0 Å². The fourth-order valence-electron chi connectivity index (χ4n) is 2.41. The monoisotopic (exact) mass is 186 g/mol. The van der Waals surface area contributed by atoms with Gasteiger partial charge in [0.2, 0.25) is 0 Å². The molecule has 0 heterocycles. The summed E-state index contributed by atoms with van der Waals surface area (Å²) >= 11 is 0. The Morgan fingerprint density at radius 2 is 1.64 bits per heavy atom. The van der Waals surface area contributed by atoms with Gasteiger partial charge in [0.25, 0.3) is 0 Å². The molecule has 0 radical (unpaired) electrons. The van der Waals surface area contributed by atoms with Crippen LogP contribution in [0, 0.1) is 5.92 Å². The highest BCUT2D eigenvalue weighted by molar-refractivity contribution is 5.20. The number of benzene rings is 1. The number of hydrogen-bond acceptors (Lipinski definition) is 0. The van der Waals surface area contributed by atoms with E-state index in [-0.39, 0.29) is 0 Å². The van der Waals surface area contributed by atoms with Gasteiger partial charge in [-0.15, -0.1) is 6.58 Å². The topological polar surface area (TPSA) is 0 Å². The first-order chi connectivity index (χ1) is 6.90. The Kier molecular flexibility index (Phi) is 3.03. The van der Waals surface area contributed by atoms with E-state index >= 15 is 0 Å². The largest absolute Gasteiger partial charge is 0.103 e. The normalized spacial score (nSPS) is 27.1. The van der Waals surface area contributed by atoms with Crippen LogP contribution in [-0.4, -0.2) is 0 Å². The second-order valence-corrected chi connectivity index (χ2v) is 4.26. The fraction of sp³-hybridized carbons (Fsp3) is 0.429. The van der Waals surface area contributed by atoms with Gasteiger partial charge in [-0.2, -0.15) is 0 Å². The lowest BCUT2D eigenvalue weighted by Crippen LogP contribution is -2.11. The molecule has 2 rings (SSSR count). The highest BCUT2D eigenvalue weighted by Gasteiger charge is 2.19. The second-order valence-electron chi connectivity index (χ2n) is 4.26. The maximum Gasteiger partial charge on any atom is -0.0162 e. The van der Waals surface area contributed by atoms with Crippen molar-refractivity contribution in [2.24, 2.45) is 5.92 Å². The summed E-state index contributed by atoms with van der Waals surface area (Å²) in [5, 5.41) is 0. The molecule has 0 nitrogen and oxygen atoms in total. The van der Waals surface area contributed by atoms with Crippen LogP contribution in [0.4, 0.5) is 0 Å². The van der Waals surface area contributed by atoms with Gasteiger partial charge in [-0.3, -0.25) is 0 Å². The molecule has 0 bridgehead atoms. The van der Waals surface area contributed by atoms with Crippen LogP contribution in [0.1, 0.15) is 37.2 Å². The molecule has 0 N–H and O–H groups in total. The Bertz CT molecular complexity index is 278. The van der Waals surface area contributed by atoms with Crippen molar-refractivity contribution < 1.29 is 0 Å². The first-order valence-corrected chi connectivity index (χ1v) is 5.57. The predicted molar refractivity (Wildman–Crippen MR) is 61.3 cm³/mol. The first kappa shape index (κ1) is 9.51. The zero-order chi connectivity index (χ0) is 9.80. The summed E-state index contributed by atoms with van der Waals surface area (Å²) in [6.07, 6.45) is 7.44. The average molecular weight is 186 g/mol. The zero-order valence-corrected chi connectivity index (χ0v) is 8.65. The van der Waals surface area contributed by atoms with Gasteiger partial charge < -0.3 is 0 Å². The molecule has 14 heavy (non-hydrogen) atoms. The van der Waals surface area contributed by atoms with Gasteiger partial charge in [0.05, 0.1) is 0 Å². The van der Waals surface area contributed by atoms with Gasteiger partial charge in [-0.05, 0) is 43.1 Å². The molecule has 74 valence electrons. The summed E-state index contributed by atoms with van der Waals surface area (Å²) in [6, 6.07) is 10.9. The third-order valence-electron chi connectivity index (χ3n) is 3.38. The molecule has 1 aliphatic rings. The molecule has 1 aliphatic carbocycles. The van der Waals surface area contributed by atoms with Crippen molar-refractivity contribution in [2.75, 3.05) is 0 Å². The van der Waals surface area contributed by atoms with Crippen molar-refractivity contribution in [1.82, 2.24) is 0 Å². The van der Waals surface area contributed by atoms with Gasteiger partial charge in [0.15, 0.2) is 0 Å². The Morgan fingerprint density at radius 3 is 2.21 bits per heavy atom. The van der Waals surface area contributed by atoms with Crippen LogP contribution in [0.25, 0.3) is 0 Å². The quantitative estimate of drug-likeness (QED) is 0.609. The number of hydrogen-bond donors (Lipinski definition) is 0. The SMILES string of the molecule is C=CC1CCC(c2ccccc2)CC1. The molecular formula is C14H18. The lowest BCUT2D eigenvalue weighted by atomic mass is 9.79. The van der Waals surface area contributed by atoms with E-state index in [1.165, 1.54) is 31.2 Å². The van der Waals surface area contributed by atoms with Crippen molar-refractivity contribution in [3.05, 3.63) is 48.6 Å². The van der Waals surface area contributed by atoms with Crippen LogP contribution in [0.3, 0.4) is 0 Å². The minimum absolute atomic E-state index is 0.773. The van der Waals surface area contributed by atoms with Crippen molar-refractivity contribution in [3.63, 3.8) is 0 Å². The summed E-state index contributed by atoms with van der Waals surface area (Å²) in [5.41, 5.74) is 1.52. The minimum Gasteiger partial charge on any atom is -0.103 e. The van der Waals surface area contributed by atoms with E-state index in [9.17, 15) is 0 Å². The second kappa shape index (κ2) is 4.45. The number of allylic oxidation sites excluding steroid dienone is 1. The highest BCUT2D eigenvalue weighted by Crippen LogP contribution is 2.35. The Morgan fingerprint density at radius 1 is 1.00 bits per heavy atom. The summed E-state index contributed by atoms with van der Waals surface area (Å²) < 4.78 is 0. The molecule has 1 aromatic rings. The fourth-order valence-corrected chi connectivity index (χ4v) is 2.41. The van der Waals surface area contributed by atoms with Crippen LogP contribution < -0.4 is 0 Å². The van der Waals surface area contributed by atoms with E-state index < -0.39 is 0 Å². The van der Waals surface area contributed by atoms with Crippen LogP contribution in [0.5, 0.6) is 0 Å². The van der Waals surface area contributed by atoms with Gasteiger partial charge in [-0.1, -0.05) is 36.4 Å². The third kappa shape index (κ3) is 2.06. The van der Waals surface area contributed by atoms with Crippen LogP contribution in [-0.2, 0) is 0 Å². The minimum atomic E-state index is 0.773. The molecule has 1 saturated carbocycles. The van der Waals surface area contributed by atoms with E-state index in [2.05, 4.69) is 43.0 Å². The predicted octanol–water partition coefficient (Wildman–Crippen LogP) is 4.15. The molecular weight excluding hydrogens is 168 g/mol. The first-order valence-electron chi connectivity index (χ1n) is 5.57. The Hall–Kier alpha value is -1.04. The summed E-state index contributed by atoms with van der Waals surface area (Å²) in [5.74, 6) is 1.57. The number of rotatable bonds is 2. The molecule has 0 heteroatoms. The zero-order valence-electron chi connectivity index (χ0n) is 8.65. The van der Waals surface area contributed by atoms with Crippen LogP contribution >= 0.6 is 0 Å². The smallest absolute Gasteiger partial charge is 0.0162 e. The molecule has 1 aromatic carbocycles. The molecule has 0 atom stereocenters. The lowest BCUT2D eigenvalue weighted by Gasteiger charge is -2.26. The Balaban J connectivity index is 1.99. The van der Waals surface area contributed by atoms with E-state index in [0.29, 0.717) is 0 Å². The van der Waals surface area contributed by atoms with Crippen molar-refractivity contribution in [2.45, 2.75) is 31.6 Å². The summed E-state index contributed by atoms with van der Waals surface area (Å²) in [7, 11) is 0. The van der Waals surface area contributed by atoms with Crippen molar-refractivity contribution in [1.29, 1.82) is 0 Å². The van der Waals surface area contributed by atoms with Gasteiger partial charge in [0.1, 0.15) is 0 Å². The van der Waals surface area contributed by atoms with E-state index in [1.54, 1.807) is 0 Å². The standard InChI is InChI=1S/C14H18/c1-2-12-8-10-14(11-9-12)13-6-4-3-5-7-13/h2-7,12,14H,1,8-11H2. The Labute approximate surface area is 86.7 Å². The van der Waals surface area contributed by atoms with Gasteiger partial charge in [0, 0.05) is 0 Å². The molecule has 0 aromatic heterocycles. The van der Waals surface area contributed by atoms with Crippen LogP contribution in [0.15, 0.2) is 43.0 Å². The lowest BCUT2D eigenvalue weighted by molar-refractivity contribution is 0.376. The van der Waals surface area contributed by atoms with Gasteiger partial charge >= 0.3 is 0 Å². The molecule has 0 amide bonds. The molecule has 0 unspecified atom stereocenters. The highest BCUT2D eigenvalue weighted by atomic mass is 14.2. The maximum atomic E-state index is 3.88. The van der Waals surface area contributed by atoms with E-state index in [0.717, 1.165) is 11.8 Å². The molecule has 0 spiro atoms. The van der Waals surface area contributed by atoms with Crippen LogP contribution in [0.2, 0.25) is 0 Å². The molecule has 0 aliphatic heterocycles. The van der Waals surface area contributed by atoms with Crippen molar-refractivity contribution >= 4 is 0 Å². The third-order valence-corrected chi connectivity index (χ3v) is 3.38. The van der Waals surface area contributed by atoms with E-state index in [4.69, 9.17) is 0 Å². The summed E-state index contributed by atoms with van der Waals surface area (Å²) in [4.78, 5) is 0. The van der Waals surface area contributed by atoms with Gasteiger partial charge in [-0.25, -0.2) is 0 Å². The average Bonchev–Trinajstić information content (AvgIpc) is 2.30. The maximum absolute atomic E-state index is 3.88. The molecule has 0 saturated heterocycles. The molecule has 1 fully saturated rings. The van der Waals surface area contributed by atoms with Crippen molar-refractivity contribution in [3.8, 4) is 0 Å².